The highest BCUT2D eigenvalue weighted by atomic mass is 16.8. The van der Waals surface area contributed by atoms with Crippen LogP contribution in [0.5, 0.6) is 0 Å². The van der Waals surface area contributed by atoms with Crippen molar-refractivity contribution in [2.24, 2.45) is 0 Å². The summed E-state index contributed by atoms with van der Waals surface area (Å²) in [5.74, 6) is -3.76. The summed E-state index contributed by atoms with van der Waals surface area (Å²) in [4.78, 5) is 0. The lowest BCUT2D eigenvalue weighted by Gasteiger charge is -2.45. The normalized spacial score (nSPS) is 48.5. The van der Waals surface area contributed by atoms with Crippen molar-refractivity contribution in [3.05, 3.63) is 0 Å². The molecule has 9 saturated heterocycles. The summed E-state index contributed by atoms with van der Waals surface area (Å²) in [6.45, 7) is -6.05. The van der Waals surface area contributed by atoms with Crippen LogP contribution in [0.25, 0.3) is 0 Å². The summed E-state index contributed by atoms with van der Waals surface area (Å²) in [6.07, 6.45) is -56.0. The van der Waals surface area contributed by atoms with E-state index in [0.717, 1.165) is 0 Å². The molecule has 51 heteroatoms. The molecule has 0 amide bonds. The van der Waals surface area contributed by atoms with Crippen molar-refractivity contribution in [2.75, 3.05) is 115 Å². The second kappa shape index (κ2) is 47.1. The lowest BCUT2D eigenvalue weighted by atomic mass is 9.97. The highest BCUT2D eigenvalue weighted by Crippen LogP contribution is 2.38. The van der Waals surface area contributed by atoms with Crippen molar-refractivity contribution in [2.45, 2.75) is 263 Å². The van der Waals surface area contributed by atoms with E-state index < -0.39 is 329 Å². The van der Waals surface area contributed by atoms with Crippen molar-refractivity contribution >= 4 is 0 Å². The maximum atomic E-state index is 10.2. The third kappa shape index (κ3) is 24.0. The van der Waals surface area contributed by atoms with Crippen molar-refractivity contribution < 1.29 is 254 Å². The Bertz CT molecular complexity index is 2360. The Morgan fingerprint density at radius 2 is 0.468 bits per heavy atom. The minimum absolute atomic E-state index is 0.0992. The number of aliphatic hydroxyl groups is 33. The molecule has 9 rings (SSSR count). The van der Waals surface area contributed by atoms with E-state index in [4.69, 9.17) is 121 Å². The summed E-state index contributed by atoms with van der Waals surface area (Å²) in [6, 6.07) is 0. The van der Waals surface area contributed by atoms with Gasteiger partial charge in [-0.15, -0.1) is 0 Å². The standard InChI is InChI=1S/3C13H24O11.3C7H14O6/c1-21-3-6-8(17)11(20)13(4-15,23-6)24-12-10(19)9(18)7(16)5(2-14)22-12;2*1-21-12-10(20)8(18)11(5(3-15)23-12)24-13-9(19)7(17)6(16)4(2-14)22-13;1-12-7(3-9)6(11)5(10)4(2-8)13-7;2*1-12-7-6(11)5(10)4(9)3(2-8)13-7/h5-12,14-20H,2-4H2,1H3;2*4-20H,2-3H2,1H3;4-6,8-11H,2-3H2,1H3;2*3-11H,2H2,1H3/t5-,6-,7-,8-,9+,10-,11+,12-,13+;4-,5-,6+,7+,8-,9-,10-,11-,12+,13+;4-,5-,6-,7+,8-,9-,10-,11-,12+,13-;4-,5-,6+,7?;3-,4+,5+,6-,7?;3-,4-,5+,6-,7?/m111111/s1. The van der Waals surface area contributed by atoms with Gasteiger partial charge in [-0.2, -0.15) is 0 Å². The molecular weight excluding hydrogens is 1540 g/mol. The van der Waals surface area contributed by atoms with Gasteiger partial charge in [-0.05, 0) is 0 Å². The van der Waals surface area contributed by atoms with Gasteiger partial charge in [0.1, 0.15) is 221 Å². The van der Waals surface area contributed by atoms with Crippen molar-refractivity contribution in [1.82, 2.24) is 0 Å². The van der Waals surface area contributed by atoms with Gasteiger partial charge in [-0.1, -0.05) is 0 Å². The predicted octanol–water partition coefficient (Wildman–Crippen LogP) is -21.9. The first-order valence-electron chi connectivity index (χ1n) is 34.2. The van der Waals surface area contributed by atoms with E-state index in [-0.39, 0.29) is 6.61 Å². The largest absolute Gasteiger partial charge is 0.394 e. The number of aliphatic hydroxyl groups excluding tert-OH is 33. The van der Waals surface area contributed by atoms with E-state index in [2.05, 4.69) is 0 Å². The number of rotatable bonds is 23. The highest BCUT2D eigenvalue weighted by Gasteiger charge is 2.60. The van der Waals surface area contributed by atoms with Crippen LogP contribution in [-0.2, 0) is 85.3 Å². The summed E-state index contributed by atoms with van der Waals surface area (Å²) in [5, 5.41) is 314. The SMILES string of the molecule is COC1(CO)O[C@H](CO)[C@@H](O)[C@@H]1O.COC1O[C@H](CO)[C@@H](O)[C@H](O)[C@H]1O.COC1O[C@H](CO)[C@H](O)[C@H](O)[C@H]1O.COC[C@H]1O[C@@](CO)(O[C@H]2O[C@H](CO)[C@@H](O)[C@H](O)[C@H]2O)[C@@H](O)[C@@H]1O.CO[C@H]1O[C@H](CO)[C@@H](O[C@@H]2O[C@H](CO)[C@H](O)[C@H](O)[C@H]2O)[C@H](O)[C@H]1O.CO[C@H]1O[C@H](CO)[C@@H](O[C@H]2O[C@H](CO)[C@@H](O)[C@H](O)[C@H]2O)[C@H](O)[C@H]1O. The molecule has 9 fully saturated rings. The van der Waals surface area contributed by atoms with Crippen molar-refractivity contribution in [3.8, 4) is 0 Å². The Labute approximate surface area is 631 Å². The zero-order valence-electron chi connectivity index (χ0n) is 60.6. The van der Waals surface area contributed by atoms with Crippen LogP contribution in [0.1, 0.15) is 0 Å². The number of hydrogen-bond acceptors (Lipinski definition) is 51. The molecule has 9 aliphatic heterocycles. The van der Waals surface area contributed by atoms with Crippen LogP contribution in [0.2, 0.25) is 0 Å². The predicted molar refractivity (Wildman–Crippen MR) is 343 cm³/mol. The Hall–Kier alpha value is -2.04. The third-order valence-corrected chi connectivity index (χ3v) is 19.0. The molecule has 9 aliphatic rings. The Morgan fingerprint density at radius 1 is 0.234 bits per heavy atom. The van der Waals surface area contributed by atoms with Crippen LogP contribution in [0.3, 0.4) is 0 Å². The first kappa shape index (κ1) is 101. The maximum Gasteiger partial charge on any atom is 0.224 e. The molecule has 0 radical (unpaired) electrons. The van der Waals surface area contributed by atoms with E-state index in [9.17, 15) is 133 Å². The van der Waals surface area contributed by atoms with Crippen molar-refractivity contribution in [1.29, 1.82) is 0 Å². The quantitative estimate of drug-likeness (QED) is 0.0452. The molecule has 0 spiro atoms. The van der Waals surface area contributed by atoms with Gasteiger partial charge in [-0.3, -0.25) is 0 Å². The zero-order valence-corrected chi connectivity index (χ0v) is 60.6. The van der Waals surface area contributed by atoms with Gasteiger partial charge >= 0.3 is 0 Å². The average Bonchev–Trinajstić information content (AvgIpc) is 1.65. The van der Waals surface area contributed by atoms with Crippen molar-refractivity contribution in [3.63, 3.8) is 0 Å². The van der Waals surface area contributed by atoms with Gasteiger partial charge in [0, 0.05) is 42.7 Å². The smallest absolute Gasteiger partial charge is 0.224 e. The lowest BCUT2D eigenvalue weighted by Crippen LogP contribution is -2.64. The summed E-state index contributed by atoms with van der Waals surface area (Å²) < 4.78 is 91.0. The molecule has 0 saturated carbocycles. The zero-order chi connectivity index (χ0) is 84.2. The Balaban J connectivity index is 0.000000287. The second-order valence-corrected chi connectivity index (χ2v) is 26.1. The van der Waals surface area contributed by atoms with Crippen LogP contribution >= 0.6 is 0 Å². The molecule has 3 unspecified atom stereocenters. The third-order valence-electron chi connectivity index (χ3n) is 19.0. The van der Waals surface area contributed by atoms with Crippen LogP contribution in [0.15, 0.2) is 0 Å². The number of hydrogen-bond donors (Lipinski definition) is 33. The molecule has 0 aromatic carbocycles. The van der Waals surface area contributed by atoms with Crippen LogP contribution in [-0.4, -0.2) is 547 Å². The summed E-state index contributed by atoms with van der Waals surface area (Å²) in [5.41, 5.74) is 0. The molecule has 0 bridgehead atoms. The fourth-order valence-electron chi connectivity index (χ4n) is 12.2. The van der Waals surface area contributed by atoms with Crippen LogP contribution in [0, 0.1) is 0 Å². The van der Waals surface area contributed by atoms with E-state index >= 15 is 0 Å². The van der Waals surface area contributed by atoms with Gasteiger partial charge in [0.2, 0.25) is 11.6 Å². The summed E-state index contributed by atoms with van der Waals surface area (Å²) in [7, 11) is 7.67. The molecule has 111 heavy (non-hydrogen) atoms. The Kier molecular flexibility index (Phi) is 43.0. The molecule has 33 N–H and O–H groups in total. The molecule has 0 aromatic heterocycles. The average molecular weight is 1650 g/mol. The molecular formula is C60H114O51. The van der Waals surface area contributed by atoms with Gasteiger partial charge in [0.05, 0.1) is 59.5 Å². The number of ether oxygens (including phenoxy) is 18. The van der Waals surface area contributed by atoms with E-state index in [0.29, 0.717) is 0 Å². The Morgan fingerprint density at radius 3 is 0.721 bits per heavy atom. The molecule has 0 aromatic rings. The van der Waals surface area contributed by atoms with Gasteiger partial charge < -0.3 is 254 Å². The first-order chi connectivity index (χ1) is 52.3. The van der Waals surface area contributed by atoms with Gasteiger partial charge in [0.25, 0.3) is 0 Å². The van der Waals surface area contributed by atoms with E-state index in [1.165, 1.54) is 42.7 Å². The topological polar surface area (TPSA) is 834 Å². The number of methoxy groups -OCH3 is 6. The van der Waals surface area contributed by atoms with Gasteiger partial charge in [0.15, 0.2) is 44.0 Å². The fourth-order valence-corrected chi connectivity index (χ4v) is 12.2. The summed E-state index contributed by atoms with van der Waals surface area (Å²) >= 11 is 0. The van der Waals surface area contributed by atoms with Crippen LogP contribution < -0.4 is 0 Å². The molecule has 43 atom stereocenters. The van der Waals surface area contributed by atoms with Crippen LogP contribution in [0.4, 0.5) is 0 Å². The second-order valence-electron chi connectivity index (χ2n) is 26.1. The molecule has 9 heterocycles. The first-order valence-corrected chi connectivity index (χ1v) is 34.2. The lowest BCUT2D eigenvalue weighted by molar-refractivity contribution is -0.383. The maximum absolute atomic E-state index is 10.2. The van der Waals surface area contributed by atoms with Gasteiger partial charge in [-0.25, -0.2) is 0 Å². The monoisotopic (exact) mass is 1650 g/mol. The minimum atomic E-state index is -2.14. The minimum Gasteiger partial charge on any atom is -0.394 e. The molecule has 51 nitrogen and oxygen atoms in total. The molecule has 660 valence electrons. The highest BCUT2D eigenvalue weighted by molar-refractivity contribution is 5.01. The van der Waals surface area contributed by atoms with E-state index in [1.807, 2.05) is 0 Å². The fraction of sp³-hybridized carbons (Fsp3) is 1.00. The van der Waals surface area contributed by atoms with E-state index in [1.54, 1.807) is 0 Å². The molecule has 0 aliphatic carbocycles.